The van der Waals surface area contributed by atoms with Crippen molar-refractivity contribution in [2.75, 3.05) is 5.32 Å². The minimum Gasteiger partial charge on any atom is -0.382 e. The Morgan fingerprint density at radius 2 is 1.88 bits per heavy atom. The second-order valence-corrected chi connectivity index (χ2v) is 6.20. The Morgan fingerprint density at radius 1 is 1.18 bits per heavy atom. The third-order valence-corrected chi connectivity index (χ3v) is 4.29. The van der Waals surface area contributed by atoms with Gasteiger partial charge in [0, 0.05) is 16.2 Å². The molecule has 94 valence electrons. The third-order valence-electron chi connectivity index (χ3n) is 3.84. The molecule has 0 saturated heterocycles. The summed E-state index contributed by atoms with van der Waals surface area (Å²) in [5.41, 5.74) is 2.57. The van der Waals surface area contributed by atoms with Gasteiger partial charge in [-0.05, 0) is 62.3 Å². The minimum atomic E-state index is 0.673. The summed E-state index contributed by atoms with van der Waals surface area (Å²) in [7, 11) is 0. The van der Waals surface area contributed by atoms with Gasteiger partial charge in [-0.3, -0.25) is 0 Å². The van der Waals surface area contributed by atoms with Crippen molar-refractivity contribution in [2.24, 2.45) is 5.92 Å². The van der Waals surface area contributed by atoms with E-state index in [1.165, 1.54) is 47.8 Å². The van der Waals surface area contributed by atoms with Crippen molar-refractivity contribution in [1.29, 1.82) is 0 Å². The van der Waals surface area contributed by atoms with Crippen LogP contribution in [-0.4, -0.2) is 6.04 Å². The smallest absolute Gasteiger partial charge is 0.0356 e. The number of nitrogens with one attached hydrogen (secondary N) is 1. The van der Waals surface area contributed by atoms with Crippen LogP contribution in [0, 0.1) is 12.8 Å². The van der Waals surface area contributed by atoms with Crippen molar-refractivity contribution in [2.45, 2.75) is 52.0 Å². The maximum absolute atomic E-state index is 3.68. The zero-order valence-corrected chi connectivity index (χ0v) is 12.4. The lowest BCUT2D eigenvalue weighted by atomic mass is 9.84. The van der Waals surface area contributed by atoms with Crippen LogP contribution in [-0.2, 0) is 0 Å². The molecule has 1 saturated carbocycles. The molecule has 0 aliphatic heterocycles. The van der Waals surface area contributed by atoms with Gasteiger partial charge in [0.15, 0.2) is 0 Å². The van der Waals surface area contributed by atoms with Crippen molar-refractivity contribution >= 4 is 21.6 Å². The Morgan fingerprint density at radius 3 is 2.47 bits per heavy atom. The Hall–Kier alpha value is -0.500. The van der Waals surface area contributed by atoms with E-state index in [4.69, 9.17) is 0 Å². The predicted octanol–water partition coefficient (Wildman–Crippen LogP) is 5.14. The van der Waals surface area contributed by atoms with E-state index in [0.717, 1.165) is 5.92 Å². The Balaban J connectivity index is 1.93. The topological polar surface area (TPSA) is 12.0 Å². The quantitative estimate of drug-likeness (QED) is 0.814. The largest absolute Gasteiger partial charge is 0.382 e. The first-order valence-electron chi connectivity index (χ1n) is 6.71. The van der Waals surface area contributed by atoms with Crippen LogP contribution >= 0.6 is 15.9 Å². The summed E-state index contributed by atoms with van der Waals surface area (Å²) in [4.78, 5) is 0. The van der Waals surface area contributed by atoms with E-state index >= 15 is 0 Å². The fraction of sp³-hybridized carbons (Fsp3) is 0.600. The molecule has 0 aromatic heterocycles. The van der Waals surface area contributed by atoms with Crippen molar-refractivity contribution < 1.29 is 0 Å². The molecular formula is C15H22BrN. The fourth-order valence-electron chi connectivity index (χ4n) is 2.77. The van der Waals surface area contributed by atoms with Crippen LogP contribution in [0.15, 0.2) is 22.7 Å². The summed E-state index contributed by atoms with van der Waals surface area (Å²) in [5, 5.41) is 3.68. The van der Waals surface area contributed by atoms with Crippen LogP contribution in [0.5, 0.6) is 0 Å². The molecule has 0 radical (unpaired) electrons. The van der Waals surface area contributed by atoms with Gasteiger partial charge in [0.2, 0.25) is 0 Å². The Labute approximate surface area is 113 Å². The Bertz CT molecular complexity index is 347. The molecule has 0 bridgehead atoms. The highest BCUT2D eigenvalue weighted by molar-refractivity contribution is 9.10. The molecule has 1 N–H and O–H groups in total. The standard InChI is InChI=1S/C15H22BrN/c1-3-12-4-6-14(7-5-12)17-15-9-11(2)8-13(16)10-15/h8-10,12,14,17H,3-7H2,1-2H3. The second-order valence-electron chi connectivity index (χ2n) is 5.29. The molecule has 0 spiro atoms. The van der Waals surface area contributed by atoms with Crippen molar-refractivity contribution in [3.05, 3.63) is 28.2 Å². The molecule has 1 nitrogen and oxygen atoms in total. The summed E-state index contributed by atoms with van der Waals surface area (Å²) in [6.45, 7) is 4.46. The first kappa shape index (κ1) is 12.9. The summed E-state index contributed by atoms with van der Waals surface area (Å²) >= 11 is 3.56. The van der Waals surface area contributed by atoms with Gasteiger partial charge in [0.1, 0.15) is 0 Å². The zero-order chi connectivity index (χ0) is 12.3. The van der Waals surface area contributed by atoms with Crippen LogP contribution < -0.4 is 5.32 Å². The van der Waals surface area contributed by atoms with E-state index in [9.17, 15) is 0 Å². The van der Waals surface area contributed by atoms with Crippen LogP contribution in [0.1, 0.15) is 44.6 Å². The number of anilines is 1. The molecule has 0 unspecified atom stereocenters. The van der Waals surface area contributed by atoms with Crippen molar-refractivity contribution in [3.8, 4) is 0 Å². The van der Waals surface area contributed by atoms with E-state index in [1.54, 1.807) is 0 Å². The number of hydrogen-bond donors (Lipinski definition) is 1. The molecule has 0 heterocycles. The minimum absolute atomic E-state index is 0.673. The van der Waals surface area contributed by atoms with Gasteiger partial charge in [-0.2, -0.15) is 0 Å². The molecule has 17 heavy (non-hydrogen) atoms. The van der Waals surface area contributed by atoms with Gasteiger partial charge in [-0.1, -0.05) is 29.3 Å². The van der Waals surface area contributed by atoms with Crippen LogP contribution in [0.2, 0.25) is 0 Å². The van der Waals surface area contributed by atoms with Gasteiger partial charge < -0.3 is 5.32 Å². The van der Waals surface area contributed by atoms with E-state index in [2.05, 4.69) is 53.3 Å². The fourth-order valence-corrected chi connectivity index (χ4v) is 3.38. The molecule has 1 fully saturated rings. The maximum atomic E-state index is 3.68. The van der Waals surface area contributed by atoms with Crippen molar-refractivity contribution in [3.63, 3.8) is 0 Å². The molecular weight excluding hydrogens is 274 g/mol. The number of rotatable bonds is 3. The summed E-state index contributed by atoms with van der Waals surface area (Å²) in [6.07, 6.45) is 6.78. The third kappa shape index (κ3) is 3.74. The monoisotopic (exact) mass is 295 g/mol. The number of halogens is 1. The van der Waals surface area contributed by atoms with Crippen molar-refractivity contribution in [1.82, 2.24) is 0 Å². The first-order chi connectivity index (χ1) is 8.17. The summed E-state index contributed by atoms with van der Waals surface area (Å²) in [6, 6.07) is 7.24. The van der Waals surface area contributed by atoms with Gasteiger partial charge in [0.25, 0.3) is 0 Å². The average molecular weight is 296 g/mol. The lowest BCUT2D eigenvalue weighted by Gasteiger charge is -2.29. The van der Waals surface area contributed by atoms with E-state index in [0.29, 0.717) is 6.04 Å². The highest BCUT2D eigenvalue weighted by Crippen LogP contribution is 2.29. The molecule has 1 aromatic carbocycles. The summed E-state index contributed by atoms with van der Waals surface area (Å²) < 4.78 is 1.17. The second kappa shape index (κ2) is 5.90. The van der Waals surface area contributed by atoms with Crippen LogP contribution in [0.4, 0.5) is 5.69 Å². The highest BCUT2D eigenvalue weighted by Gasteiger charge is 2.19. The predicted molar refractivity (Wildman–Crippen MR) is 78.5 cm³/mol. The molecule has 1 aliphatic rings. The van der Waals surface area contributed by atoms with Gasteiger partial charge >= 0.3 is 0 Å². The zero-order valence-electron chi connectivity index (χ0n) is 10.8. The van der Waals surface area contributed by atoms with Gasteiger partial charge in [0.05, 0.1) is 0 Å². The van der Waals surface area contributed by atoms with Crippen LogP contribution in [0.25, 0.3) is 0 Å². The lowest BCUT2D eigenvalue weighted by Crippen LogP contribution is -2.25. The molecule has 2 heteroatoms. The van der Waals surface area contributed by atoms with Gasteiger partial charge in [-0.15, -0.1) is 0 Å². The Kier molecular flexibility index (Phi) is 4.49. The molecule has 2 rings (SSSR count). The van der Waals surface area contributed by atoms with E-state index < -0.39 is 0 Å². The van der Waals surface area contributed by atoms with E-state index in [1.807, 2.05) is 0 Å². The molecule has 1 aromatic rings. The van der Waals surface area contributed by atoms with Gasteiger partial charge in [-0.25, -0.2) is 0 Å². The van der Waals surface area contributed by atoms with Crippen LogP contribution in [0.3, 0.4) is 0 Å². The lowest BCUT2D eigenvalue weighted by molar-refractivity contribution is 0.330. The average Bonchev–Trinajstić information content (AvgIpc) is 2.28. The SMILES string of the molecule is CCC1CCC(Nc2cc(C)cc(Br)c2)CC1. The molecule has 1 aliphatic carbocycles. The first-order valence-corrected chi connectivity index (χ1v) is 7.50. The molecule has 0 amide bonds. The molecule has 0 atom stereocenters. The number of hydrogen-bond acceptors (Lipinski definition) is 1. The summed E-state index contributed by atoms with van der Waals surface area (Å²) in [5.74, 6) is 0.970. The number of benzene rings is 1. The normalized spacial score (nSPS) is 24.6. The highest BCUT2D eigenvalue weighted by atomic mass is 79.9. The maximum Gasteiger partial charge on any atom is 0.0356 e. The van der Waals surface area contributed by atoms with E-state index in [-0.39, 0.29) is 0 Å². The number of aryl methyl sites for hydroxylation is 1.